The van der Waals surface area contributed by atoms with Crippen LogP contribution in [0.3, 0.4) is 0 Å². The van der Waals surface area contributed by atoms with E-state index in [4.69, 9.17) is 5.11 Å². The number of anilines is 2. The lowest BCUT2D eigenvalue weighted by Gasteiger charge is -2.21. The fraction of sp³-hybridized carbons (Fsp3) is 0.316. The van der Waals surface area contributed by atoms with Crippen molar-refractivity contribution in [1.29, 1.82) is 0 Å². The first-order chi connectivity index (χ1) is 11.1. The Balaban J connectivity index is 1.81. The lowest BCUT2D eigenvalue weighted by Crippen LogP contribution is -2.16. The molecule has 23 heavy (non-hydrogen) atoms. The van der Waals surface area contributed by atoms with E-state index < -0.39 is 12.5 Å². The molecule has 120 valence electrons. The van der Waals surface area contributed by atoms with Crippen LogP contribution < -0.4 is 10.6 Å². The third-order valence-corrected chi connectivity index (χ3v) is 4.36. The van der Waals surface area contributed by atoms with Gasteiger partial charge in [-0.05, 0) is 48.6 Å². The number of hydrogen-bond donors (Lipinski definition) is 3. The van der Waals surface area contributed by atoms with Crippen molar-refractivity contribution in [1.82, 2.24) is 0 Å². The van der Waals surface area contributed by atoms with E-state index in [1.54, 1.807) is 0 Å². The summed E-state index contributed by atoms with van der Waals surface area (Å²) in [6, 6.07) is 14.5. The highest BCUT2D eigenvalue weighted by Gasteiger charge is 2.29. The van der Waals surface area contributed by atoms with Gasteiger partial charge < -0.3 is 15.7 Å². The van der Waals surface area contributed by atoms with Gasteiger partial charge in [0.05, 0.1) is 6.04 Å². The summed E-state index contributed by atoms with van der Waals surface area (Å²) in [5, 5.41) is 15.1. The van der Waals surface area contributed by atoms with E-state index in [2.05, 4.69) is 42.7 Å². The van der Waals surface area contributed by atoms with E-state index in [0.29, 0.717) is 11.6 Å². The van der Waals surface area contributed by atoms with Gasteiger partial charge in [0.1, 0.15) is 6.61 Å². The summed E-state index contributed by atoms with van der Waals surface area (Å²) in [5.41, 5.74) is 5.69. The molecule has 4 heteroatoms. The zero-order valence-electron chi connectivity index (χ0n) is 13.5. The second-order valence-corrected chi connectivity index (χ2v) is 6.29. The fourth-order valence-electron chi connectivity index (χ4n) is 3.25. The van der Waals surface area contributed by atoms with Crippen molar-refractivity contribution in [3.63, 3.8) is 0 Å². The van der Waals surface area contributed by atoms with E-state index in [9.17, 15) is 4.79 Å². The van der Waals surface area contributed by atoms with Gasteiger partial charge in [-0.15, -0.1) is 0 Å². The second kappa shape index (κ2) is 6.42. The number of aliphatic hydroxyl groups excluding tert-OH is 1. The molecule has 1 aliphatic rings. The molecular formula is C19H22N2O2. The highest BCUT2D eigenvalue weighted by Crippen LogP contribution is 2.38. The molecule has 0 spiro atoms. The number of aryl methyl sites for hydroxylation is 1. The molecule has 0 heterocycles. The van der Waals surface area contributed by atoms with E-state index in [0.717, 1.165) is 12.1 Å². The molecule has 0 fully saturated rings. The van der Waals surface area contributed by atoms with Gasteiger partial charge in [0.2, 0.25) is 5.91 Å². The molecular weight excluding hydrogens is 288 g/mol. The molecule has 0 saturated carbocycles. The molecule has 3 rings (SSSR count). The Morgan fingerprint density at radius 1 is 1.22 bits per heavy atom. The van der Waals surface area contributed by atoms with Gasteiger partial charge in [0, 0.05) is 11.4 Å². The number of rotatable bonds is 4. The molecule has 0 bridgehead atoms. The molecule has 1 aliphatic carbocycles. The van der Waals surface area contributed by atoms with Crippen molar-refractivity contribution in [2.45, 2.75) is 26.3 Å². The van der Waals surface area contributed by atoms with Gasteiger partial charge >= 0.3 is 0 Å². The standard InChI is InChI=1S/C19H22N2O2/c1-12-6-7-14-9-13(2)19(17(14)8-12)21-16-5-3-4-15(10-16)20-18(23)11-22/h3-8,10,13,19,21-22H,9,11H2,1-2H3,(H,20,23). The number of hydrogen-bond acceptors (Lipinski definition) is 3. The van der Waals surface area contributed by atoms with Gasteiger partial charge in [0.25, 0.3) is 0 Å². The van der Waals surface area contributed by atoms with Crippen molar-refractivity contribution >= 4 is 17.3 Å². The molecule has 1 amide bonds. The predicted molar refractivity (Wildman–Crippen MR) is 92.6 cm³/mol. The largest absolute Gasteiger partial charge is 0.387 e. The molecule has 3 N–H and O–H groups in total. The van der Waals surface area contributed by atoms with Crippen LogP contribution in [0.5, 0.6) is 0 Å². The molecule has 2 aromatic carbocycles. The first-order valence-electron chi connectivity index (χ1n) is 7.93. The highest BCUT2D eigenvalue weighted by atomic mass is 16.3. The van der Waals surface area contributed by atoms with Gasteiger partial charge in [0.15, 0.2) is 0 Å². The summed E-state index contributed by atoms with van der Waals surface area (Å²) < 4.78 is 0. The van der Waals surface area contributed by atoms with Crippen LogP contribution in [0.2, 0.25) is 0 Å². The van der Waals surface area contributed by atoms with Gasteiger partial charge in [-0.1, -0.05) is 36.8 Å². The van der Waals surface area contributed by atoms with Crippen molar-refractivity contribution in [3.8, 4) is 0 Å². The van der Waals surface area contributed by atoms with Gasteiger partial charge in [-0.2, -0.15) is 0 Å². The minimum Gasteiger partial charge on any atom is -0.387 e. The summed E-state index contributed by atoms with van der Waals surface area (Å²) >= 11 is 0. The number of aliphatic hydroxyl groups is 1. The number of carbonyl (C=O) groups excluding carboxylic acids is 1. The number of fused-ring (bicyclic) bond motifs is 1. The first kappa shape index (κ1) is 15.6. The Morgan fingerprint density at radius 2 is 2.00 bits per heavy atom. The van der Waals surface area contributed by atoms with Crippen LogP contribution in [0, 0.1) is 12.8 Å². The Hall–Kier alpha value is -2.33. The minimum absolute atomic E-state index is 0.272. The van der Waals surface area contributed by atoms with Crippen molar-refractivity contribution in [3.05, 3.63) is 59.2 Å². The number of carbonyl (C=O) groups is 1. The lowest BCUT2D eigenvalue weighted by atomic mass is 10.0. The van der Waals surface area contributed by atoms with Crippen LogP contribution >= 0.6 is 0 Å². The van der Waals surface area contributed by atoms with Gasteiger partial charge in [-0.3, -0.25) is 4.79 Å². The van der Waals surface area contributed by atoms with Crippen LogP contribution in [0.1, 0.15) is 29.7 Å². The second-order valence-electron chi connectivity index (χ2n) is 6.29. The molecule has 4 nitrogen and oxygen atoms in total. The highest BCUT2D eigenvalue weighted by molar-refractivity contribution is 5.92. The van der Waals surface area contributed by atoms with Crippen molar-refractivity contribution in [2.24, 2.45) is 5.92 Å². The molecule has 2 atom stereocenters. The predicted octanol–water partition coefficient (Wildman–Crippen LogP) is 3.27. The van der Waals surface area contributed by atoms with E-state index in [1.165, 1.54) is 16.7 Å². The number of nitrogens with one attached hydrogen (secondary N) is 2. The molecule has 0 radical (unpaired) electrons. The SMILES string of the molecule is Cc1ccc2c(c1)C(Nc1cccc(NC(=O)CO)c1)C(C)C2. The average molecular weight is 310 g/mol. The lowest BCUT2D eigenvalue weighted by molar-refractivity contribution is -0.118. The van der Waals surface area contributed by atoms with E-state index in [1.807, 2.05) is 24.3 Å². The zero-order valence-corrected chi connectivity index (χ0v) is 13.5. The maximum atomic E-state index is 11.3. The zero-order chi connectivity index (χ0) is 16.4. The molecule has 0 aliphatic heterocycles. The topological polar surface area (TPSA) is 61.4 Å². The Labute approximate surface area is 136 Å². The maximum Gasteiger partial charge on any atom is 0.250 e. The van der Waals surface area contributed by atoms with Crippen LogP contribution in [-0.2, 0) is 11.2 Å². The summed E-state index contributed by atoms with van der Waals surface area (Å²) in [5.74, 6) is 0.111. The summed E-state index contributed by atoms with van der Waals surface area (Å²) in [7, 11) is 0. The number of amides is 1. The number of benzene rings is 2. The third-order valence-electron chi connectivity index (χ3n) is 4.36. The molecule has 2 aromatic rings. The average Bonchev–Trinajstić information content (AvgIpc) is 2.83. The first-order valence-corrected chi connectivity index (χ1v) is 7.93. The summed E-state index contributed by atoms with van der Waals surface area (Å²) in [4.78, 5) is 11.3. The smallest absolute Gasteiger partial charge is 0.250 e. The van der Waals surface area contributed by atoms with Gasteiger partial charge in [-0.25, -0.2) is 0 Å². The van der Waals surface area contributed by atoms with Crippen molar-refractivity contribution in [2.75, 3.05) is 17.2 Å². The van der Waals surface area contributed by atoms with Crippen LogP contribution in [0.15, 0.2) is 42.5 Å². The Bertz CT molecular complexity index is 727. The van der Waals surface area contributed by atoms with Crippen LogP contribution in [-0.4, -0.2) is 17.6 Å². The van der Waals surface area contributed by atoms with Crippen molar-refractivity contribution < 1.29 is 9.90 Å². The monoisotopic (exact) mass is 310 g/mol. The molecule has 0 saturated heterocycles. The molecule has 0 aromatic heterocycles. The summed E-state index contributed by atoms with van der Waals surface area (Å²) in [6.07, 6.45) is 1.08. The van der Waals surface area contributed by atoms with Crippen LogP contribution in [0.25, 0.3) is 0 Å². The normalized spacial score (nSPS) is 19.3. The van der Waals surface area contributed by atoms with E-state index >= 15 is 0 Å². The van der Waals surface area contributed by atoms with E-state index in [-0.39, 0.29) is 6.04 Å². The quantitative estimate of drug-likeness (QED) is 0.812. The van der Waals surface area contributed by atoms with Crippen LogP contribution in [0.4, 0.5) is 11.4 Å². The Kier molecular flexibility index (Phi) is 4.35. The Morgan fingerprint density at radius 3 is 2.78 bits per heavy atom. The molecule has 2 unspecified atom stereocenters. The summed E-state index contributed by atoms with van der Waals surface area (Å²) in [6.45, 7) is 3.86. The minimum atomic E-state index is -0.510. The maximum absolute atomic E-state index is 11.3. The fourth-order valence-corrected chi connectivity index (χ4v) is 3.25. The third kappa shape index (κ3) is 3.37.